The van der Waals surface area contributed by atoms with Crippen molar-refractivity contribution < 1.29 is 48.0 Å². The van der Waals surface area contributed by atoms with Gasteiger partial charge in [0.2, 0.25) is 0 Å². The van der Waals surface area contributed by atoms with Crippen LogP contribution < -0.4 is 10.6 Å². The second kappa shape index (κ2) is 17.6. The number of amides is 2. The number of esters is 3. The molecule has 3 N–H and O–H groups in total. The minimum absolute atomic E-state index is 0.165. The molecule has 12 nitrogen and oxygen atoms in total. The zero-order chi connectivity index (χ0) is 40.0. The average Bonchev–Trinajstić information content (AvgIpc) is 3.50. The highest BCUT2D eigenvalue weighted by atomic mass is 16.6. The molecule has 0 atom stereocenters. The summed E-state index contributed by atoms with van der Waals surface area (Å²) in [5.41, 5.74) is 5.53. The van der Waals surface area contributed by atoms with Crippen LogP contribution in [0.25, 0.3) is 11.1 Å². The molecule has 292 valence electrons. The van der Waals surface area contributed by atoms with Gasteiger partial charge in [-0.15, -0.1) is 0 Å². The Morgan fingerprint density at radius 1 is 0.648 bits per heavy atom. The van der Waals surface area contributed by atoms with Crippen molar-refractivity contribution in [1.82, 2.24) is 10.6 Å². The predicted octanol–water partition coefficient (Wildman–Crippen LogP) is 6.16. The smallest absolute Gasteiger partial charge is 0.310 e. The van der Waals surface area contributed by atoms with E-state index in [1.807, 2.05) is 64.1 Å². The van der Waals surface area contributed by atoms with E-state index >= 15 is 0 Å². The fraction of sp³-hybridized carbons (Fsp3) is 0.500. The van der Waals surface area contributed by atoms with Gasteiger partial charge >= 0.3 is 17.9 Å². The van der Waals surface area contributed by atoms with Crippen LogP contribution in [0.15, 0.2) is 47.9 Å². The van der Waals surface area contributed by atoms with E-state index in [9.17, 15) is 29.1 Å². The molecule has 2 amide bonds. The number of aliphatic hydroxyl groups excluding tert-OH is 1. The number of carbonyl (C=O) groups is 5. The van der Waals surface area contributed by atoms with Gasteiger partial charge in [-0.1, -0.05) is 47.5 Å². The maximum Gasteiger partial charge on any atom is 0.310 e. The molecule has 0 unspecified atom stereocenters. The van der Waals surface area contributed by atoms with Crippen LogP contribution in [-0.2, 0) is 42.9 Å². The molecule has 4 aliphatic rings. The van der Waals surface area contributed by atoms with E-state index in [2.05, 4.69) is 15.4 Å². The number of hydrogen-bond donors (Lipinski definition) is 3. The molecule has 2 fully saturated rings. The Bertz CT molecular complexity index is 1830. The number of ether oxygens (including phenoxy) is 4. The molecule has 0 aromatic heterocycles. The molecule has 2 aromatic carbocycles. The van der Waals surface area contributed by atoms with Crippen LogP contribution in [0.1, 0.15) is 106 Å². The molecule has 2 aliphatic carbocycles. The normalized spacial score (nSPS) is 24.6. The van der Waals surface area contributed by atoms with Crippen LogP contribution in [-0.4, -0.2) is 72.3 Å². The lowest BCUT2D eigenvalue weighted by Crippen LogP contribution is -2.49. The molecular formula is C42H54N2O10. The lowest BCUT2D eigenvalue weighted by atomic mass is 9.79. The van der Waals surface area contributed by atoms with Crippen molar-refractivity contribution in [1.29, 1.82) is 0 Å². The summed E-state index contributed by atoms with van der Waals surface area (Å²) in [6.45, 7) is 11.7. The fourth-order valence-electron chi connectivity index (χ4n) is 7.72. The molecule has 54 heavy (non-hydrogen) atoms. The Morgan fingerprint density at radius 2 is 1.06 bits per heavy atom. The second-order valence-corrected chi connectivity index (χ2v) is 14.7. The number of methoxy groups -OCH3 is 2. The first kappa shape index (κ1) is 41.9. The summed E-state index contributed by atoms with van der Waals surface area (Å²) in [6.07, 6.45) is 6.59. The molecule has 6 rings (SSSR count). The Kier molecular flexibility index (Phi) is 13.6. The summed E-state index contributed by atoms with van der Waals surface area (Å²) in [5, 5.41) is 17.0. The Morgan fingerprint density at radius 3 is 1.46 bits per heavy atom. The molecule has 2 spiro atoms. The summed E-state index contributed by atoms with van der Waals surface area (Å²) >= 11 is 0. The Labute approximate surface area is 317 Å². The topological polar surface area (TPSA) is 167 Å². The van der Waals surface area contributed by atoms with Gasteiger partial charge in [0.25, 0.3) is 11.8 Å². The Balaban J connectivity index is 0.000000206. The second-order valence-electron chi connectivity index (χ2n) is 14.7. The quantitative estimate of drug-likeness (QED) is 0.238. The van der Waals surface area contributed by atoms with Gasteiger partial charge < -0.3 is 34.7 Å². The molecule has 2 saturated carbocycles. The minimum Gasteiger partial charge on any atom is -0.509 e. The van der Waals surface area contributed by atoms with E-state index in [4.69, 9.17) is 14.2 Å². The summed E-state index contributed by atoms with van der Waals surface area (Å²) in [5.74, 6) is -1.17. The summed E-state index contributed by atoms with van der Waals surface area (Å²) in [6, 6.07) is 12.0. The van der Waals surface area contributed by atoms with E-state index in [0.29, 0.717) is 29.7 Å². The highest BCUT2D eigenvalue weighted by Gasteiger charge is 2.50. The van der Waals surface area contributed by atoms with E-state index < -0.39 is 29.0 Å². The molecule has 2 heterocycles. The van der Waals surface area contributed by atoms with Gasteiger partial charge in [0.05, 0.1) is 34.4 Å². The van der Waals surface area contributed by atoms with Crippen LogP contribution >= 0.6 is 0 Å². The molecule has 12 heteroatoms. The minimum atomic E-state index is -0.608. The van der Waals surface area contributed by atoms with Crippen molar-refractivity contribution in [3.05, 3.63) is 81.3 Å². The monoisotopic (exact) mass is 746 g/mol. The lowest BCUT2D eigenvalue weighted by molar-refractivity contribution is -0.156. The van der Waals surface area contributed by atoms with Crippen molar-refractivity contribution >= 4 is 40.9 Å². The van der Waals surface area contributed by atoms with Gasteiger partial charge in [0, 0.05) is 35.0 Å². The van der Waals surface area contributed by atoms with Crippen molar-refractivity contribution in [2.24, 2.45) is 0 Å². The van der Waals surface area contributed by atoms with Gasteiger partial charge in [-0.3, -0.25) is 24.0 Å². The van der Waals surface area contributed by atoms with E-state index in [-0.39, 0.29) is 29.8 Å². The number of rotatable bonds is 5. The Hall–Kier alpha value is -4.81. The first-order valence-corrected chi connectivity index (χ1v) is 18.4. The summed E-state index contributed by atoms with van der Waals surface area (Å²) in [7, 11) is 3.42. The molecule has 0 radical (unpaired) electrons. The van der Waals surface area contributed by atoms with Crippen LogP contribution in [0.4, 0.5) is 0 Å². The number of carbonyl (C=O) groups excluding carboxylic acids is 5. The number of aliphatic hydroxyl groups is 1. The van der Waals surface area contributed by atoms with Crippen molar-refractivity contribution in [2.45, 2.75) is 123 Å². The third kappa shape index (κ3) is 9.46. The number of aryl methyl sites for hydroxylation is 4. The summed E-state index contributed by atoms with van der Waals surface area (Å²) < 4.78 is 20.4. The van der Waals surface area contributed by atoms with E-state index in [1.54, 1.807) is 14.2 Å². The largest absolute Gasteiger partial charge is 0.509 e. The molecule has 2 aromatic rings. The van der Waals surface area contributed by atoms with Crippen molar-refractivity contribution in [2.75, 3.05) is 14.2 Å². The van der Waals surface area contributed by atoms with Gasteiger partial charge in [0.1, 0.15) is 11.5 Å². The highest BCUT2D eigenvalue weighted by molar-refractivity contribution is 6.24. The number of nitrogens with one attached hydrogen (secondary N) is 2. The predicted molar refractivity (Wildman–Crippen MR) is 203 cm³/mol. The van der Waals surface area contributed by atoms with Crippen molar-refractivity contribution in [3.63, 3.8) is 0 Å². The third-order valence-electron chi connectivity index (χ3n) is 10.6. The first-order valence-electron chi connectivity index (χ1n) is 18.4. The zero-order valence-corrected chi connectivity index (χ0v) is 32.9. The molecule has 0 saturated heterocycles. The van der Waals surface area contributed by atoms with Crippen LogP contribution in [0, 0.1) is 27.7 Å². The fourth-order valence-corrected chi connectivity index (χ4v) is 7.72. The average molecular weight is 747 g/mol. The van der Waals surface area contributed by atoms with Crippen LogP contribution in [0.5, 0.6) is 0 Å². The van der Waals surface area contributed by atoms with E-state index in [1.165, 1.54) is 20.8 Å². The number of benzene rings is 2. The standard InChI is InChI=1S/C20H25NO4.C18H23NO3.C4H6O3/c1-12-5-6-13(2)16(11-12)17-18(25-14(3)22)20(21-19(17)23)9-7-15(24-4)8-10-20;1-11-4-5-12(2)14(10-11)15-16(20)18(19-17(15)21)8-6-13(22-3)7-9-18;1-3(5)7-4(2)6/h5-6,11,15H,7-10H2,1-4H3,(H,21,23);4-5,10,13,20H,6-9H2,1-3H3,(H,19,21);1-2H3. The maximum atomic E-state index is 12.9. The van der Waals surface area contributed by atoms with Crippen molar-refractivity contribution in [3.8, 4) is 0 Å². The molecule has 2 aliphatic heterocycles. The van der Waals surface area contributed by atoms with Gasteiger partial charge in [-0.25, -0.2) is 0 Å². The number of hydrogen-bond acceptors (Lipinski definition) is 10. The maximum absolute atomic E-state index is 12.9. The third-order valence-corrected chi connectivity index (χ3v) is 10.6. The lowest BCUT2D eigenvalue weighted by Gasteiger charge is -2.37. The zero-order valence-electron chi connectivity index (χ0n) is 32.9. The van der Waals surface area contributed by atoms with E-state index in [0.717, 1.165) is 71.9 Å². The highest BCUT2D eigenvalue weighted by Crippen LogP contribution is 2.45. The summed E-state index contributed by atoms with van der Waals surface area (Å²) in [4.78, 5) is 56.8. The SMILES string of the molecule is CC(=O)OC(C)=O.COC1CCC2(CC1)NC(=O)C(c1cc(C)ccc1C)=C2O.COC1CCC2(CC1)NC(=O)C(c1cc(C)ccc1C)=C2OC(C)=O. The van der Waals surface area contributed by atoms with Crippen LogP contribution in [0.3, 0.4) is 0 Å². The molecule has 0 bridgehead atoms. The van der Waals surface area contributed by atoms with Crippen LogP contribution in [0.2, 0.25) is 0 Å². The first-order chi connectivity index (χ1) is 25.5. The molecular weight excluding hydrogens is 692 g/mol. The van der Waals surface area contributed by atoms with Gasteiger partial charge in [-0.05, 0) is 101 Å². The van der Waals surface area contributed by atoms with Gasteiger partial charge in [0.15, 0.2) is 0 Å². The van der Waals surface area contributed by atoms with Gasteiger partial charge in [-0.2, -0.15) is 0 Å².